The predicted octanol–water partition coefficient (Wildman–Crippen LogP) is 0.562. The normalized spacial score (nSPS) is 17.4. The molecule has 25 heavy (non-hydrogen) atoms. The van der Waals surface area contributed by atoms with Crippen molar-refractivity contribution >= 4 is 23.4 Å². The first-order chi connectivity index (χ1) is 11.9. The number of carbonyl (C=O) groups excluding carboxylic acids is 3. The minimum atomic E-state index is -0.573. The van der Waals surface area contributed by atoms with Gasteiger partial charge in [0, 0.05) is 12.2 Å². The number of likely N-dealkylation sites (tertiary alicyclic amines) is 1. The molecule has 8 heteroatoms. The Labute approximate surface area is 145 Å². The number of likely N-dealkylation sites (N-methyl/N-ethyl adjacent to an activating group) is 1. The van der Waals surface area contributed by atoms with Crippen molar-refractivity contribution in [2.45, 2.75) is 25.3 Å². The number of amides is 3. The van der Waals surface area contributed by atoms with E-state index in [4.69, 9.17) is 5.73 Å². The molecule has 0 radical (unpaired) electrons. The lowest BCUT2D eigenvalue weighted by atomic mass is 10.0. The van der Waals surface area contributed by atoms with Crippen molar-refractivity contribution < 1.29 is 18.8 Å². The average molecular weight is 350 g/mol. The van der Waals surface area contributed by atoms with Crippen LogP contribution < -0.4 is 11.1 Å². The van der Waals surface area contributed by atoms with Crippen molar-refractivity contribution in [1.82, 2.24) is 9.80 Å². The van der Waals surface area contributed by atoms with E-state index in [0.717, 1.165) is 12.8 Å². The third-order valence-electron chi connectivity index (χ3n) is 4.08. The lowest BCUT2D eigenvalue weighted by Crippen LogP contribution is -2.53. The van der Waals surface area contributed by atoms with Crippen molar-refractivity contribution in [2.24, 2.45) is 5.73 Å². The summed E-state index contributed by atoms with van der Waals surface area (Å²) in [5.41, 5.74) is 5.72. The van der Waals surface area contributed by atoms with Crippen LogP contribution in [0.1, 0.15) is 19.3 Å². The van der Waals surface area contributed by atoms with Crippen molar-refractivity contribution in [2.75, 3.05) is 32.0 Å². The number of benzene rings is 1. The van der Waals surface area contributed by atoms with Crippen molar-refractivity contribution in [3.05, 3.63) is 30.1 Å². The van der Waals surface area contributed by atoms with E-state index in [9.17, 15) is 18.8 Å². The van der Waals surface area contributed by atoms with E-state index in [1.807, 2.05) is 0 Å². The van der Waals surface area contributed by atoms with Gasteiger partial charge in [-0.1, -0.05) is 6.07 Å². The van der Waals surface area contributed by atoms with Crippen molar-refractivity contribution in [3.63, 3.8) is 0 Å². The van der Waals surface area contributed by atoms with Gasteiger partial charge >= 0.3 is 0 Å². The van der Waals surface area contributed by atoms with Crippen LogP contribution in [0.15, 0.2) is 24.3 Å². The topological polar surface area (TPSA) is 95.7 Å². The standard InChI is InChI=1S/C17H23FN4O3/c1-21(10-15(23)20-13-6-4-5-12(18)9-13)11-16(24)22-8-3-2-7-14(22)17(19)25/h4-6,9,14H,2-3,7-8,10-11H2,1H3,(H2,19,25)(H,20,23)/t14-/m1/s1. The molecule has 0 spiro atoms. The first kappa shape index (κ1) is 18.9. The number of piperidine rings is 1. The molecule has 1 fully saturated rings. The third kappa shape index (κ3) is 5.53. The molecule has 1 aliphatic heterocycles. The van der Waals surface area contributed by atoms with Gasteiger partial charge in [-0.3, -0.25) is 19.3 Å². The summed E-state index contributed by atoms with van der Waals surface area (Å²) < 4.78 is 13.1. The van der Waals surface area contributed by atoms with E-state index in [1.165, 1.54) is 23.1 Å². The maximum atomic E-state index is 13.1. The van der Waals surface area contributed by atoms with Gasteiger partial charge in [-0.25, -0.2) is 4.39 Å². The number of carbonyl (C=O) groups is 3. The second kappa shape index (κ2) is 8.57. The number of nitrogens with zero attached hydrogens (tertiary/aromatic N) is 2. The lowest BCUT2D eigenvalue weighted by Gasteiger charge is -2.34. The number of hydrogen-bond acceptors (Lipinski definition) is 4. The molecule has 1 saturated heterocycles. The molecular formula is C17H23FN4O3. The molecular weight excluding hydrogens is 327 g/mol. The molecule has 1 aromatic rings. The number of anilines is 1. The van der Waals surface area contributed by atoms with Gasteiger partial charge in [-0.2, -0.15) is 0 Å². The second-order valence-corrected chi connectivity index (χ2v) is 6.23. The second-order valence-electron chi connectivity index (χ2n) is 6.23. The zero-order valence-electron chi connectivity index (χ0n) is 14.2. The largest absolute Gasteiger partial charge is 0.368 e. The molecule has 0 aromatic heterocycles. The van der Waals surface area contributed by atoms with Crippen molar-refractivity contribution in [3.8, 4) is 0 Å². The molecule has 0 bridgehead atoms. The molecule has 0 aliphatic carbocycles. The Morgan fingerprint density at radius 2 is 2.08 bits per heavy atom. The maximum Gasteiger partial charge on any atom is 0.240 e. The summed E-state index contributed by atoms with van der Waals surface area (Å²) in [6.07, 6.45) is 2.27. The SMILES string of the molecule is CN(CC(=O)Nc1cccc(F)c1)CC(=O)N1CCCC[C@@H]1C(N)=O. The fourth-order valence-electron chi connectivity index (χ4n) is 2.92. The Morgan fingerprint density at radius 3 is 2.76 bits per heavy atom. The van der Waals surface area contributed by atoms with Crippen LogP contribution in [0.5, 0.6) is 0 Å². The highest BCUT2D eigenvalue weighted by atomic mass is 19.1. The van der Waals surface area contributed by atoms with Crippen molar-refractivity contribution in [1.29, 1.82) is 0 Å². The van der Waals surface area contributed by atoms with Gasteiger partial charge < -0.3 is 16.0 Å². The molecule has 0 saturated carbocycles. The summed E-state index contributed by atoms with van der Waals surface area (Å²) in [5, 5.41) is 2.57. The average Bonchev–Trinajstić information content (AvgIpc) is 2.54. The maximum absolute atomic E-state index is 13.1. The Hall–Kier alpha value is -2.48. The summed E-state index contributed by atoms with van der Waals surface area (Å²) in [5.74, 6) is -1.53. The van der Waals surface area contributed by atoms with Crippen LogP contribution in [0.3, 0.4) is 0 Å². The third-order valence-corrected chi connectivity index (χ3v) is 4.08. The number of primary amides is 1. The Morgan fingerprint density at radius 1 is 1.32 bits per heavy atom. The van der Waals surface area contributed by atoms with Crippen LogP contribution in [0.2, 0.25) is 0 Å². The minimum absolute atomic E-state index is 0.000348. The van der Waals surface area contributed by atoms with Crippen LogP contribution in [0.25, 0.3) is 0 Å². The van der Waals surface area contributed by atoms with Gasteiger partial charge in [0.25, 0.3) is 0 Å². The van der Waals surface area contributed by atoms with Crippen LogP contribution in [-0.4, -0.2) is 60.2 Å². The number of rotatable bonds is 6. The Bertz CT molecular complexity index is 653. The lowest BCUT2D eigenvalue weighted by molar-refractivity contribution is -0.141. The van der Waals surface area contributed by atoms with Gasteiger partial charge in [-0.05, 0) is 44.5 Å². The zero-order chi connectivity index (χ0) is 18.4. The summed E-state index contributed by atoms with van der Waals surface area (Å²) in [7, 11) is 1.63. The minimum Gasteiger partial charge on any atom is -0.368 e. The van der Waals surface area contributed by atoms with Crippen LogP contribution >= 0.6 is 0 Å². The summed E-state index contributed by atoms with van der Waals surface area (Å²) >= 11 is 0. The molecule has 136 valence electrons. The first-order valence-corrected chi connectivity index (χ1v) is 8.19. The van der Waals surface area contributed by atoms with Gasteiger partial charge in [-0.15, -0.1) is 0 Å². The molecule has 3 N–H and O–H groups in total. The van der Waals surface area contributed by atoms with E-state index < -0.39 is 17.8 Å². The Balaban J connectivity index is 1.86. The summed E-state index contributed by atoms with van der Waals surface area (Å²) in [6, 6.07) is 5.01. The molecule has 7 nitrogen and oxygen atoms in total. The monoisotopic (exact) mass is 350 g/mol. The fourth-order valence-corrected chi connectivity index (χ4v) is 2.92. The molecule has 1 aliphatic rings. The quantitative estimate of drug-likeness (QED) is 0.784. The number of nitrogens with one attached hydrogen (secondary N) is 1. The highest BCUT2D eigenvalue weighted by Crippen LogP contribution is 2.17. The van der Waals surface area contributed by atoms with E-state index in [-0.39, 0.29) is 24.9 Å². The number of nitrogens with two attached hydrogens (primary N) is 1. The highest BCUT2D eigenvalue weighted by Gasteiger charge is 2.30. The molecule has 0 unspecified atom stereocenters. The van der Waals surface area contributed by atoms with E-state index in [2.05, 4.69) is 5.32 Å². The van der Waals surface area contributed by atoms with Crippen LogP contribution in [0, 0.1) is 5.82 Å². The first-order valence-electron chi connectivity index (χ1n) is 8.19. The molecule has 1 atom stereocenters. The van der Waals surface area contributed by atoms with Gasteiger partial charge in [0.2, 0.25) is 17.7 Å². The van der Waals surface area contributed by atoms with E-state index >= 15 is 0 Å². The van der Waals surface area contributed by atoms with Gasteiger partial charge in [0.15, 0.2) is 0 Å². The predicted molar refractivity (Wildman–Crippen MR) is 91.1 cm³/mol. The van der Waals surface area contributed by atoms with Gasteiger partial charge in [0.05, 0.1) is 13.1 Å². The van der Waals surface area contributed by atoms with Crippen LogP contribution in [0.4, 0.5) is 10.1 Å². The zero-order valence-corrected chi connectivity index (χ0v) is 14.2. The molecule has 1 aromatic carbocycles. The van der Waals surface area contributed by atoms with Gasteiger partial charge in [0.1, 0.15) is 11.9 Å². The summed E-state index contributed by atoms with van der Waals surface area (Å²) in [6.45, 7) is 0.466. The molecule has 2 rings (SSSR count). The Kier molecular flexibility index (Phi) is 6.46. The van der Waals surface area contributed by atoms with Crippen LogP contribution in [-0.2, 0) is 14.4 Å². The number of hydrogen-bond donors (Lipinski definition) is 2. The number of halogens is 1. The van der Waals surface area contributed by atoms with E-state index in [0.29, 0.717) is 18.7 Å². The van der Waals surface area contributed by atoms with E-state index in [1.54, 1.807) is 18.0 Å². The smallest absolute Gasteiger partial charge is 0.240 e. The molecule has 1 heterocycles. The fraction of sp³-hybridized carbons (Fsp3) is 0.471. The summed E-state index contributed by atoms with van der Waals surface area (Å²) in [4.78, 5) is 38.9. The molecule has 3 amide bonds. The highest BCUT2D eigenvalue weighted by molar-refractivity contribution is 5.93.